The first-order chi connectivity index (χ1) is 15.6. The zero-order valence-electron chi connectivity index (χ0n) is 17.7. The van der Waals surface area contributed by atoms with Gasteiger partial charge >= 0.3 is 92.1 Å². The second-order valence-corrected chi connectivity index (χ2v) is 13.3. The first kappa shape index (κ1) is 42.8. The maximum atomic E-state index is 11.4. The van der Waals surface area contributed by atoms with Gasteiger partial charge in [0.05, 0.1) is 15.6 Å². The summed E-state index contributed by atoms with van der Waals surface area (Å²) in [5.74, 6) is 0. The van der Waals surface area contributed by atoms with Crippen molar-refractivity contribution in [2.24, 2.45) is 0 Å². The fraction of sp³-hybridized carbons (Fsp3) is 1.00. The summed E-state index contributed by atoms with van der Waals surface area (Å²) in [6.45, 7) is 0. The molecule has 0 bridgehead atoms. The Morgan fingerprint density at radius 3 is 0.632 bits per heavy atom. The molecule has 1 fully saturated rings. The average Bonchev–Trinajstić information content (AvgIpc) is 2.51. The third-order valence-corrected chi connectivity index (χ3v) is 6.56. The third kappa shape index (κ3) is 17.1. The zero-order valence-corrected chi connectivity index (χ0v) is 26.7. The summed E-state index contributed by atoms with van der Waals surface area (Å²) in [5, 5.41) is 0. The predicted molar refractivity (Wildman–Crippen MR) is 104 cm³/mol. The molecule has 0 heterocycles. The summed E-state index contributed by atoms with van der Waals surface area (Å²) >= 11 is 0. The van der Waals surface area contributed by atoms with Crippen molar-refractivity contribution in [1.82, 2.24) is 0 Å². The second kappa shape index (κ2) is 15.1. The molecule has 216 valence electrons. The Kier molecular flexibility index (Phi) is 17.0. The van der Waals surface area contributed by atoms with Crippen LogP contribution in [0.4, 0.5) is 0 Å². The molecular formula is C6H14CaMgO24P6. The van der Waals surface area contributed by atoms with Crippen LogP contribution in [-0.2, 0) is 54.5 Å². The Morgan fingerprint density at radius 2 is 0.526 bits per heavy atom. The van der Waals surface area contributed by atoms with Gasteiger partial charge in [0.15, 0.2) is 0 Å². The van der Waals surface area contributed by atoms with Crippen LogP contribution in [0.25, 0.3) is 0 Å². The van der Waals surface area contributed by atoms with E-state index in [1.165, 1.54) is 0 Å². The minimum absolute atomic E-state index is 0. The molecule has 6 unspecified atom stereocenters. The fourth-order valence-electron chi connectivity index (χ4n) is 2.77. The first-order valence-corrected chi connectivity index (χ1v) is 17.0. The zero-order chi connectivity index (χ0) is 28.7. The van der Waals surface area contributed by atoms with Gasteiger partial charge in [-0.15, -0.1) is 0 Å². The molecule has 0 aliphatic heterocycles. The van der Waals surface area contributed by atoms with Crippen molar-refractivity contribution in [2.45, 2.75) is 36.6 Å². The quantitative estimate of drug-likeness (QED) is 0.0686. The van der Waals surface area contributed by atoms with Crippen LogP contribution < -0.4 is 19.6 Å². The number of phosphoric acid groups is 6. The monoisotopic (exact) mass is 720 g/mol. The molecule has 24 nitrogen and oxygen atoms in total. The Hall–Kier alpha value is 2.69. The van der Waals surface area contributed by atoms with Crippen LogP contribution in [0, 0.1) is 0 Å². The number of phosphoric ester groups is 6. The summed E-state index contributed by atoms with van der Waals surface area (Å²) < 4.78 is 91.5. The number of hydrogen-bond acceptors (Lipinski definition) is 16. The van der Waals surface area contributed by atoms with Crippen molar-refractivity contribution in [3.63, 3.8) is 0 Å². The molecule has 32 heteroatoms. The Balaban J connectivity index is 0. The van der Waals surface area contributed by atoms with E-state index in [4.69, 9.17) is 39.1 Å². The minimum Gasteiger partial charge on any atom is -0.790 e. The van der Waals surface area contributed by atoms with Gasteiger partial charge in [-0.1, -0.05) is 0 Å². The van der Waals surface area contributed by atoms with Crippen molar-refractivity contribution in [3.05, 3.63) is 0 Å². The smallest absolute Gasteiger partial charge is 0.790 e. The Morgan fingerprint density at radius 1 is 0.395 bits per heavy atom. The van der Waals surface area contributed by atoms with Crippen molar-refractivity contribution < 1.29 is 113 Å². The van der Waals surface area contributed by atoms with E-state index in [9.17, 15) is 47.0 Å². The predicted octanol–water partition coefficient (Wildman–Crippen LogP) is -6.42. The first-order valence-electron chi connectivity index (χ1n) is 7.94. The molecule has 1 aliphatic carbocycles. The normalized spacial score (nSPS) is 27.8. The molecule has 1 saturated carbocycles. The molecule has 0 aromatic heterocycles. The van der Waals surface area contributed by atoms with Crippen molar-refractivity contribution in [2.75, 3.05) is 0 Å². The van der Waals surface area contributed by atoms with Gasteiger partial charge in [-0.25, -0.2) is 18.3 Å². The van der Waals surface area contributed by atoms with Gasteiger partial charge in [0, 0.05) is 0 Å². The topological polar surface area (TPSA) is 412 Å². The Labute approximate surface area is 255 Å². The van der Waals surface area contributed by atoms with Gasteiger partial charge in [-0.3, -0.25) is 18.1 Å². The number of rotatable bonds is 12. The molecule has 0 saturated heterocycles. The summed E-state index contributed by atoms with van der Waals surface area (Å²) in [7, 11) is -37.4. The summed E-state index contributed by atoms with van der Waals surface area (Å²) in [6.07, 6.45) is -19.7. The molecule has 38 heavy (non-hydrogen) atoms. The van der Waals surface area contributed by atoms with Gasteiger partial charge in [0.1, 0.15) is 36.6 Å². The van der Waals surface area contributed by atoms with Crippen LogP contribution in [0.5, 0.6) is 0 Å². The van der Waals surface area contributed by atoms with Crippen molar-refractivity contribution in [3.8, 4) is 0 Å². The minimum atomic E-state index is -6.56. The van der Waals surface area contributed by atoms with E-state index in [0.717, 1.165) is 0 Å². The molecule has 1 rings (SSSR count). The van der Waals surface area contributed by atoms with Crippen LogP contribution in [0.1, 0.15) is 0 Å². The molecule has 0 amide bonds. The van der Waals surface area contributed by atoms with Crippen LogP contribution in [-0.4, -0.2) is 137 Å². The van der Waals surface area contributed by atoms with Gasteiger partial charge in [-0.05, 0) is 0 Å². The summed E-state index contributed by atoms with van der Waals surface area (Å²) in [4.78, 5) is 117. The van der Waals surface area contributed by atoms with E-state index in [2.05, 4.69) is 27.1 Å². The van der Waals surface area contributed by atoms with Gasteiger partial charge in [-0.2, -0.15) is 0 Å². The Bertz CT molecular complexity index is 831. The molecule has 0 radical (unpaired) electrons. The summed E-state index contributed by atoms with van der Waals surface area (Å²) in [6, 6.07) is 0. The largest absolute Gasteiger partial charge is 2.00 e. The second-order valence-electron chi connectivity index (χ2n) is 6.28. The van der Waals surface area contributed by atoms with E-state index in [-0.39, 0.29) is 60.8 Å². The fourth-order valence-corrected chi connectivity index (χ4v) is 6.08. The van der Waals surface area contributed by atoms with Crippen LogP contribution in [0.3, 0.4) is 0 Å². The molecule has 0 aromatic carbocycles. The SMILES string of the molecule is O=P([O-])([O-])OC1C(OP(=O)([O-])[O-])C(OP(=O)(O)O)C(OP(=O)(O)O)C(OP(=O)(O)O)C1OP(=O)(O)O.[Ca+2].[Mg+2]. The van der Waals surface area contributed by atoms with E-state index in [1.807, 2.05) is 0 Å². The van der Waals surface area contributed by atoms with E-state index < -0.39 is 83.6 Å². The van der Waals surface area contributed by atoms with E-state index >= 15 is 0 Å². The molecule has 0 aromatic rings. The maximum absolute atomic E-state index is 11.4. The van der Waals surface area contributed by atoms with Crippen LogP contribution in [0.15, 0.2) is 0 Å². The van der Waals surface area contributed by atoms with Gasteiger partial charge in [0.2, 0.25) is 0 Å². The standard InChI is InChI=1S/C6H18O24P6.Ca.Mg/c7-31(8,9)25-1-2(26-32(10,11)12)4(28-34(16,17)18)6(30-36(22,23)24)5(29-35(19,20)21)3(1)27-33(13,14)15;;/h1-6H,(H2,7,8,9)(H2,10,11,12)(H2,13,14,15)(H2,16,17,18)(H2,19,20,21)(H2,22,23,24);;/q;2*+2/p-4. The molecular weight excluding hydrogens is 706 g/mol. The third-order valence-electron chi connectivity index (χ3n) is 3.48. The van der Waals surface area contributed by atoms with Gasteiger partial charge in [0.25, 0.3) is 0 Å². The van der Waals surface area contributed by atoms with Crippen LogP contribution >= 0.6 is 46.9 Å². The molecule has 1 aliphatic rings. The average molecular weight is 720 g/mol. The molecule has 8 N–H and O–H groups in total. The van der Waals surface area contributed by atoms with E-state index in [1.54, 1.807) is 0 Å². The van der Waals surface area contributed by atoms with E-state index in [0.29, 0.717) is 0 Å². The van der Waals surface area contributed by atoms with Crippen molar-refractivity contribution in [1.29, 1.82) is 0 Å². The molecule has 0 spiro atoms. The maximum Gasteiger partial charge on any atom is 2.00 e. The van der Waals surface area contributed by atoms with Crippen LogP contribution in [0.2, 0.25) is 0 Å². The summed E-state index contributed by atoms with van der Waals surface area (Å²) in [5.41, 5.74) is 0. The van der Waals surface area contributed by atoms with Crippen molar-refractivity contribution >= 4 is 108 Å². The molecule has 6 atom stereocenters. The van der Waals surface area contributed by atoms with Gasteiger partial charge < -0.3 is 76.9 Å². The number of hydrogen-bond donors (Lipinski definition) is 8.